The van der Waals surface area contributed by atoms with Gasteiger partial charge in [-0.1, -0.05) is 11.6 Å². The number of anilines is 1. The number of halogens is 1. The van der Waals surface area contributed by atoms with Gasteiger partial charge in [-0.2, -0.15) is 0 Å². The van der Waals surface area contributed by atoms with Crippen LogP contribution in [0.5, 0.6) is 0 Å². The Bertz CT molecular complexity index is 508. The van der Waals surface area contributed by atoms with Crippen LogP contribution in [0, 0.1) is 0 Å². The highest BCUT2D eigenvalue weighted by molar-refractivity contribution is 6.33. The highest BCUT2D eigenvalue weighted by Gasteiger charge is 2.15. The van der Waals surface area contributed by atoms with Crippen molar-refractivity contribution in [3.63, 3.8) is 0 Å². The third-order valence-corrected chi connectivity index (χ3v) is 2.63. The Balaban J connectivity index is 2.76. The fraction of sp³-hybridized carbons (Fsp3) is 0.429. The molecule has 0 aliphatic heterocycles. The molecule has 20 heavy (non-hydrogen) atoms. The third kappa shape index (κ3) is 5.19. The molecule has 0 aliphatic rings. The summed E-state index contributed by atoms with van der Waals surface area (Å²) in [4.78, 5) is 23.2. The maximum absolute atomic E-state index is 11.8. The largest absolute Gasteiger partial charge is 0.465 e. The molecule has 1 amide bonds. The van der Waals surface area contributed by atoms with Crippen LogP contribution in [0.4, 0.5) is 5.69 Å². The van der Waals surface area contributed by atoms with Gasteiger partial charge in [-0.15, -0.1) is 0 Å². The number of amides is 1. The maximum Gasteiger partial charge on any atom is 0.337 e. The first-order valence-electron chi connectivity index (χ1n) is 6.04. The Morgan fingerprint density at radius 3 is 2.50 bits per heavy atom. The molecule has 5 nitrogen and oxygen atoms in total. The molecule has 0 bridgehead atoms. The summed E-state index contributed by atoms with van der Waals surface area (Å²) in [5, 5.41) is 2.93. The van der Waals surface area contributed by atoms with Gasteiger partial charge in [0.25, 0.3) is 0 Å². The number of hydrogen-bond acceptors (Lipinski definition) is 4. The van der Waals surface area contributed by atoms with Crippen LogP contribution in [0.15, 0.2) is 18.2 Å². The number of benzene rings is 1. The van der Waals surface area contributed by atoms with Crippen LogP contribution in [0.25, 0.3) is 0 Å². The Hall–Kier alpha value is -1.59. The lowest BCUT2D eigenvalue weighted by atomic mass is 10.2. The van der Waals surface area contributed by atoms with Crippen LogP contribution in [0.3, 0.4) is 0 Å². The van der Waals surface area contributed by atoms with Crippen molar-refractivity contribution in [3.05, 3.63) is 28.8 Å². The normalized spacial score (nSPS) is 11.1. The SMILES string of the molecule is COC(=O)c1ccc(Cl)c(NC(=O)COC(C)(C)C)c1. The number of hydrogen-bond donors (Lipinski definition) is 1. The third-order valence-electron chi connectivity index (χ3n) is 2.30. The lowest BCUT2D eigenvalue weighted by Gasteiger charge is -2.19. The van der Waals surface area contributed by atoms with Gasteiger partial charge in [0, 0.05) is 0 Å². The van der Waals surface area contributed by atoms with Crippen molar-refractivity contribution in [1.29, 1.82) is 0 Å². The van der Waals surface area contributed by atoms with Gasteiger partial charge in [-0.05, 0) is 39.0 Å². The van der Waals surface area contributed by atoms with Crippen molar-refractivity contribution >= 4 is 29.2 Å². The van der Waals surface area contributed by atoms with Gasteiger partial charge >= 0.3 is 5.97 Å². The summed E-state index contributed by atoms with van der Waals surface area (Å²) in [6.07, 6.45) is 0. The van der Waals surface area contributed by atoms with Crippen molar-refractivity contribution in [1.82, 2.24) is 0 Å². The van der Waals surface area contributed by atoms with Gasteiger partial charge in [0.2, 0.25) is 5.91 Å². The number of rotatable bonds is 4. The summed E-state index contributed by atoms with van der Waals surface area (Å²) < 4.78 is 9.96. The number of nitrogens with one attached hydrogen (secondary N) is 1. The number of esters is 1. The molecule has 0 heterocycles. The second kappa shape index (κ2) is 6.72. The molecule has 1 rings (SSSR count). The summed E-state index contributed by atoms with van der Waals surface area (Å²) in [5.41, 5.74) is 0.246. The van der Waals surface area contributed by atoms with Crippen LogP contribution in [-0.4, -0.2) is 31.2 Å². The summed E-state index contributed by atoms with van der Waals surface area (Å²) >= 11 is 5.97. The lowest BCUT2D eigenvalue weighted by molar-refractivity contribution is -0.125. The monoisotopic (exact) mass is 299 g/mol. The van der Waals surface area contributed by atoms with E-state index in [1.807, 2.05) is 20.8 Å². The van der Waals surface area contributed by atoms with Gasteiger partial charge < -0.3 is 14.8 Å². The van der Waals surface area contributed by atoms with Crippen LogP contribution in [-0.2, 0) is 14.3 Å². The van der Waals surface area contributed by atoms with E-state index < -0.39 is 11.6 Å². The van der Waals surface area contributed by atoms with Crippen molar-refractivity contribution in [2.24, 2.45) is 0 Å². The standard InChI is InChI=1S/C14H18ClNO4/c1-14(2,3)20-8-12(17)16-11-7-9(13(18)19-4)5-6-10(11)15/h5-7H,8H2,1-4H3,(H,16,17). The topological polar surface area (TPSA) is 64.6 Å². The minimum Gasteiger partial charge on any atom is -0.465 e. The highest BCUT2D eigenvalue weighted by Crippen LogP contribution is 2.23. The van der Waals surface area contributed by atoms with E-state index in [0.717, 1.165) is 0 Å². The molecule has 1 aromatic carbocycles. The number of methoxy groups -OCH3 is 1. The molecular weight excluding hydrogens is 282 g/mol. The number of ether oxygens (including phenoxy) is 2. The van der Waals surface area contributed by atoms with Crippen LogP contribution >= 0.6 is 11.6 Å². The number of carbonyl (C=O) groups is 2. The number of carbonyl (C=O) groups excluding carboxylic acids is 2. The van der Waals surface area contributed by atoms with Gasteiger partial charge in [0.05, 0.1) is 29.0 Å². The minimum absolute atomic E-state index is 0.0950. The maximum atomic E-state index is 11.8. The zero-order valence-corrected chi connectivity index (χ0v) is 12.7. The molecule has 1 aromatic rings. The molecule has 0 atom stereocenters. The summed E-state index contributed by atoms with van der Waals surface area (Å²) in [5.74, 6) is -0.841. The Morgan fingerprint density at radius 1 is 1.30 bits per heavy atom. The van der Waals surface area contributed by atoms with Gasteiger partial charge in [-0.25, -0.2) is 4.79 Å². The molecule has 0 radical (unpaired) electrons. The second-order valence-corrected chi connectivity index (χ2v) is 5.54. The molecule has 0 spiro atoms. The molecule has 0 saturated heterocycles. The van der Waals surface area contributed by atoms with Crippen molar-refractivity contribution < 1.29 is 19.1 Å². The Morgan fingerprint density at radius 2 is 1.95 bits per heavy atom. The molecule has 0 saturated carbocycles. The smallest absolute Gasteiger partial charge is 0.337 e. The predicted octanol–water partition coefficient (Wildman–Crippen LogP) is 2.88. The first-order chi connectivity index (χ1) is 9.23. The van der Waals surface area contributed by atoms with Gasteiger partial charge in [0.1, 0.15) is 6.61 Å². The van der Waals surface area contributed by atoms with E-state index in [2.05, 4.69) is 10.1 Å². The zero-order chi connectivity index (χ0) is 15.3. The lowest BCUT2D eigenvalue weighted by Crippen LogP contribution is -2.27. The summed E-state index contributed by atoms with van der Waals surface area (Å²) in [7, 11) is 1.28. The molecule has 0 aromatic heterocycles. The molecule has 1 N–H and O–H groups in total. The quantitative estimate of drug-likeness (QED) is 0.868. The van der Waals surface area contributed by atoms with E-state index in [-0.39, 0.29) is 12.5 Å². The molecule has 0 unspecified atom stereocenters. The second-order valence-electron chi connectivity index (χ2n) is 5.14. The van der Waals surface area contributed by atoms with E-state index in [4.69, 9.17) is 16.3 Å². The van der Waals surface area contributed by atoms with Crippen LogP contribution in [0.1, 0.15) is 31.1 Å². The minimum atomic E-state index is -0.497. The molecule has 110 valence electrons. The Labute approximate surface area is 123 Å². The van der Waals surface area contributed by atoms with E-state index in [9.17, 15) is 9.59 Å². The average Bonchev–Trinajstić information content (AvgIpc) is 2.37. The summed E-state index contributed by atoms with van der Waals surface area (Å²) in [6, 6.07) is 4.51. The van der Waals surface area contributed by atoms with E-state index in [1.54, 1.807) is 0 Å². The highest BCUT2D eigenvalue weighted by atomic mass is 35.5. The first-order valence-corrected chi connectivity index (χ1v) is 6.42. The fourth-order valence-electron chi connectivity index (χ4n) is 1.33. The molecular formula is C14H18ClNO4. The van der Waals surface area contributed by atoms with Gasteiger partial charge in [-0.3, -0.25) is 4.79 Å². The zero-order valence-electron chi connectivity index (χ0n) is 12.0. The van der Waals surface area contributed by atoms with Crippen molar-refractivity contribution in [2.75, 3.05) is 19.0 Å². The van der Waals surface area contributed by atoms with Crippen LogP contribution in [0.2, 0.25) is 5.02 Å². The molecule has 0 aliphatic carbocycles. The predicted molar refractivity (Wildman–Crippen MR) is 77.1 cm³/mol. The van der Waals surface area contributed by atoms with Crippen molar-refractivity contribution in [3.8, 4) is 0 Å². The Kier molecular flexibility index (Phi) is 5.53. The summed E-state index contributed by atoms with van der Waals surface area (Å²) in [6.45, 7) is 5.46. The first kappa shape index (κ1) is 16.5. The van der Waals surface area contributed by atoms with E-state index >= 15 is 0 Å². The van der Waals surface area contributed by atoms with E-state index in [0.29, 0.717) is 16.3 Å². The van der Waals surface area contributed by atoms with Crippen molar-refractivity contribution in [2.45, 2.75) is 26.4 Å². The van der Waals surface area contributed by atoms with E-state index in [1.165, 1.54) is 25.3 Å². The average molecular weight is 300 g/mol. The van der Waals surface area contributed by atoms with Crippen LogP contribution < -0.4 is 5.32 Å². The molecule has 6 heteroatoms. The van der Waals surface area contributed by atoms with Gasteiger partial charge in [0.15, 0.2) is 0 Å². The fourth-order valence-corrected chi connectivity index (χ4v) is 1.50. The molecule has 0 fully saturated rings.